The molecule has 1 saturated carbocycles. The molecule has 3 nitrogen and oxygen atoms in total. The molecule has 0 bridgehead atoms. The Labute approximate surface area is 121 Å². The van der Waals surface area contributed by atoms with Crippen LogP contribution in [0.3, 0.4) is 0 Å². The smallest absolute Gasteiger partial charge is 0.237 e. The highest BCUT2D eigenvalue weighted by molar-refractivity contribution is 5.81. The maximum atomic E-state index is 11.9. The van der Waals surface area contributed by atoms with Crippen LogP contribution < -0.4 is 11.1 Å². The topological polar surface area (TPSA) is 55.1 Å². The molecule has 20 heavy (non-hydrogen) atoms. The largest absolute Gasteiger partial charge is 0.348 e. The molecule has 0 radical (unpaired) electrons. The number of nitrogens with one attached hydrogen (secondary N) is 1. The minimum Gasteiger partial charge on any atom is -0.348 e. The van der Waals surface area contributed by atoms with E-state index in [0.717, 1.165) is 12.3 Å². The first-order chi connectivity index (χ1) is 9.66. The molecule has 3 N–H and O–H groups in total. The normalized spacial score (nSPS) is 19.3. The second kappa shape index (κ2) is 7.44. The molecule has 1 unspecified atom stereocenters. The molecular weight excluding hydrogens is 248 g/mol. The lowest BCUT2D eigenvalue weighted by atomic mass is 9.83. The van der Waals surface area contributed by atoms with E-state index >= 15 is 0 Å². The first kappa shape index (κ1) is 15.0. The molecule has 2 atom stereocenters. The lowest BCUT2D eigenvalue weighted by Gasteiger charge is -2.28. The predicted molar refractivity (Wildman–Crippen MR) is 82.2 cm³/mol. The highest BCUT2D eigenvalue weighted by Crippen LogP contribution is 2.31. The lowest BCUT2D eigenvalue weighted by molar-refractivity contribution is -0.122. The molecule has 0 spiro atoms. The Morgan fingerprint density at radius 3 is 2.50 bits per heavy atom. The molecule has 0 aromatic heterocycles. The quantitative estimate of drug-likeness (QED) is 0.866. The fourth-order valence-electron chi connectivity index (χ4n) is 3.02. The summed E-state index contributed by atoms with van der Waals surface area (Å²) in [4.78, 5) is 11.9. The number of hydrogen-bond donors (Lipinski definition) is 2. The van der Waals surface area contributed by atoms with Crippen LogP contribution >= 0.6 is 0 Å². The molecule has 1 aliphatic rings. The van der Waals surface area contributed by atoms with Crippen LogP contribution in [-0.4, -0.2) is 11.9 Å². The van der Waals surface area contributed by atoms with E-state index in [4.69, 9.17) is 5.73 Å². The Morgan fingerprint density at radius 2 is 1.90 bits per heavy atom. The van der Waals surface area contributed by atoms with Crippen LogP contribution in [0.15, 0.2) is 30.3 Å². The third-order valence-electron chi connectivity index (χ3n) is 4.23. The fourth-order valence-corrected chi connectivity index (χ4v) is 3.02. The van der Waals surface area contributed by atoms with E-state index < -0.39 is 6.04 Å². The second-order valence-corrected chi connectivity index (χ2v) is 6.00. The van der Waals surface area contributed by atoms with Gasteiger partial charge in [0.1, 0.15) is 0 Å². The van der Waals surface area contributed by atoms with Gasteiger partial charge in [0, 0.05) is 0 Å². The van der Waals surface area contributed by atoms with Crippen molar-refractivity contribution in [1.29, 1.82) is 0 Å². The van der Waals surface area contributed by atoms with E-state index in [0.29, 0.717) is 0 Å². The fraction of sp³-hybridized carbons (Fsp3) is 0.588. The van der Waals surface area contributed by atoms with Crippen LogP contribution in [0.1, 0.15) is 57.1 Å². The summed E-state index contributed by atoms with van der Waals surface area (Å²) in [7, 11) is 0. The van der Waals surface area contributed by atoms with Crippen LogP contribution in [0.2, 0.25) is 0 Å². The predicted octanol–water partition coefficient (Wildman–Crippen LogP) is 3.16. The number of benzene rings is 1. The zero-order chi connectivity index (χ0) is 14.4. The van der Waals surface area contributed by atoms with E-state index in [-0.39, 0.29) is 11.9 Å². The molecule has 1 aromatic rings. The molecule has 0 saturated heterocycles. The van der Waals surface area contributed by atoms with Crippen molar-refractivity contribution >= 4 is 5.91 Å². The van der Waals surface area contributed by atoms with Gasteiger partial charge >= 0.3 is 0 Å². The van der Waals surface area contributed by atoms with Gasteiger partial charge < -0.3 is 11.1 Å². The molecular formula is C17H26N2O. The zero-order valence-electron chi connectivity index (χ0n) is 12.3. The molecule has 0 heterocycles. The van der Waals surface area contributed by atoms with Gasteiger partial charge in [-0.1, -0.05) is 62.4 Å². The summed E-state index contributed by atoms with van der Waals surface area (Å²) >= 11 is 0. The summed E-state index contributed by atoms with van der Waals surface area (Å²) in [5.41, 5.74) is 6.87. The van der Waals surface area contributed by atoms with Crippen molar-refractivity contribution in [2.75, 3.05) is 0 Å². The van der Waals surface area contributed by atoms with Crippen molar-refractivity contribution in [2.45, 2.75) is 57.5 Å². The number of nitrogens with two attached hydrogens (primary N) is 1. The van der Waals surface area contributed by atoms with Crippen molar-refractivity contribution < 1.29 is 4.79 Å². The first-order valence-electron chi connectivity index (χ1n) is 7.77. The Balaban J connectivity index is 2.05. The van der Waals surface area contributed by atoms with E-state index in [1.54, 1.807) is 6.92 Å². The van der Waals surface area contributed by atoms with Gasteiger partial charge in [0.25, 0.3) is 0 Å². The molecule has 1 aromatic carbocycles. The van der Waals surface area contributed by atoms with Crippen LogP contribution in [-0.2, 0) is 4.79 Å². The number of hydrogen-bond acceptors (Lipinski definition) is 2. The summed E-state index contributed by atoms with van der Waals surface area (Å²) in [5.74, 6) is 0.664. The van der Waals surface area contributed by atoms with Crippen molar-refractivity contribution in [2.24, 2.45) is 11.7 Å². The van der Waals surface area contributed by atoms with Crippen molar-refractivity contribution in [3.8, 4) is 0 Å². The number of carbonyl (C=O) groups is 1. The number of carbonyl (C=O) groups excluding carboxylic acids is 1. The second-order valence-electron chi connectivity index (χ2n) is 6.00. The molecule has 0 aliphatic heterocycles. The van der Waals surface area contributed by atoms with Gasteiger partial charge in [-0.3, -0.25) is 4.79 Å². The monoisotopic (exact) mass is 274 g/mol. The molecule has 1 amide bonds. The Kier molecular flexibility index (Phi) is 5.60. The van der Waals surface area contributed by atoms with Gasteiger partial charge in [0.15, 0.2) is 0 Å². The number of amides is 1. The Hall–Kier alpha value is -1.35. The maximum Gasteiger partial charge on any atom is 0.237 e. The average Bonchev–Trinajstić information content (AvgIpc) is 2.48. The van der Waals surface area contributed by atoms with E-state index in [1.165, 1.54) is 37.7 Å². The lowest BCUT2D eigenvalue weighted by Crippen LogP contribution is -2.40. The molecule has 3 heteroatoms. The average molecular weight is 274 g/mol. The summed E-state index contributed by atoms with van der Waals surface area (Å²) in [6.45, 7) is 1.73. The van der Waals surface area contributed by atoms with E-state index in [1.807, 2.05) is 18.2 Å². The van der Waals surface area contributed by atoms with Crippen LogP contribution in [0.25, 0.3) is 0 Å². The van der Waals surface area contributed by atoms with E-state index in [9.17, 15) is 4.79 Å². The standard InChI is InChI=1S/C17H26N2O/c1-13(18)17(20)19-16(15-10-6-3-7-11-15)12-14-8-4-2-5-9-14/h3,6-7,10-11,13-14,16H,2,4-5,8-9,12,18H2,1H3,(H,19,20)/t13-,16?/m1/s1. The van der Waals surface area contributed by atoms with Gasteiger partial charge in [-0.05, 0) is 24.8 Å². The molecule has 1 fully saturated rings. The maximum absolute atomic E-state index is 11.9. The third-order valence-corrected chi connectivity index (χ3v) is 4.23. The summed E-state index contributed by atoms with van der Waals surface area (Å²) in [6, 6.07) is 9.89. The van der Waals surface area contributed by atoms with Crippen LogP contribution in [0, 0.1) is 5.92 Å². The van der Waals surface area contributed by atoms with Crippen molar-refractivity contribution in [1.82, 2.24) is 5.32 Å². The van der Waals surface area contributed by atoms with E-state index in [2.05, 4.69) is 17.4 Å². The molecule has 2 rings (SSSR count). The zero-order valence-corrected chi connectivity index (χ0v) is 12.3. The van der Waals surface area contributed by atoms with Crippen molar-refractivity contribution in [3.63, 3.8) is 0 Å². The van der Waals surface area contributed by atoms with Gasteiger partial charge in [-0.25, -0.2) is 0 Å². The highest BCUT2D eigenvalue weighted by Gasteiger charge is 2.22. The minimum absolute atomic E-state index is 0.0605. The van der Waals surface area contributed by atoms with Crippen LogP contribution in [0.5, 0.6) is 0 Å². The molecule has 110 valence electrons. The molecule has 1 aliphatic carbocycles. The Morgan fingerprint density at radius 1 is 1.25 bits per heavy atom. The minimum atomic E-state index is -0.451. The first-order valence-corrected chi connectivity index (χ1v) is 7.77. The summed E-state index contributed by atoms with van der Waals surface area (Å²) in [6.07, 6.45) is 7.62. The van der Waals surface area contributed by atoms with Gasteiger partial charge in [0.05, 0.1) is 12.1 Å². The van der Waals surface area contributed by atoms with Gasteiger partial charge in [0.2, 0.25) is 5.91 Å². The third kappa shape index (κ3) is 4.34. The Bertz CT molecular complexity index is 410. The van der Waals surface area contributed by atoms with Gasteiger partial charge in [-0.15, -0.1) is 0 Å². The SMILES string of the molecule is C[C@@H](N)C(=O)NC(CC1CCCCC1)c1ccccc1. The summed E-state index contributed by atoms with van der Waals surface area (Å²) < 4.78 is 0. The van der Waals surface area contributed by atoms with Gasteiger partial charge in [-0.2, -0.15) is 0 Å². The summed E-state index contributed by atoms with van der Waals surface area (Å²) in [5, 5.41) is 3.12. The highest BCUT2D eigenvalue weighted by atomic mass is 16.2. The van der Waals surface area contributed by atoms with Crippen molar-refractivity contribution in [3.05, 3.63) is 35.9 Å². The number of rotatable bonds is 5. The van der Waals surface area contributed by atoms with Crippen LogP contribution in [0.4, 0.5) is 0 Å².